The van der Waals surface area contributed by atoms with Crippen molar-refractivity contribution in [3.05, 3.63) is 0 Å². The molecule has 1 N–H and O–H groups in total. The van der Waals surface area contributed by atoms with E-state index in [4.69, 9.17) is 0 Å². The molecule has 0 amide bonds. The van der Waals surface area contributed by atoms with Crippen LogP contribution in [0.1, 0.15) is 34.6 Å². The predicted octanol–water partition coefficient (Wildman–Crippen LogP) is 2.54. The van der Waals surface area contributed by atoms with E-state index < -0.39 is 5.60 Å². The van der Waals surface area contributed by atoms with Crippen molar-refractivity contribution in [1.82, 2.24) is 0 Å². The van der Waals surface area contributed by atoms with Crippen LogP contribution in [0.2, 0.25) is 0 Å². The highest BCUT2D eigenvalue weighted by atomic mass is 32.2. The van der Waals surface area contributed by atoms with E-state index in [1.807, 2.05) is 25.6 Å². The third-order valence-corrected chi connectivity index (χ3v) is 3.46. The lowest BCUT2D eigenvalue weighted by Gasteiger charge is -2.31. The largest absolute Gasteiger partial charge is 0.389 e. The second kappa shape index (κ2) is 4.36. The number of hydrogen-bond acceptors (Lipinski definition) is 2. The van der Waals surface area contributed by atoms with E-state index in [9.17, 15) is 5.11 Å². The second-order valence-electron chi connectivity index (χ2n) is 3.77. The molecule has 0 rings (SSSR count). The molecule has 0 aromatic rings. The van der Waals surface area contributed by atoms with Gasteiger partial charge in [-0.2, -0.15) is 11.8 Å². The molecule has 0 saturated heterocycles. The van der Waals surface area contributed by atoms with Crippen molar-refractivity contribution in [3.8, 4) is 0 Å². The average molecular weight is 176 g/mol. The molecule has 0 aliphatic heterocycles. The molecule has 1 unspecified atom stereocenters. The maximum atomic E-state index is 9.76. The second-order valence-corrected chi connectivity index (χ2v) is 5.19. The van der Waals surface area contributed by atoms with Crippen molar-refractivity contribution in [3.63, 3.8) is 0 Å². The lowest BCUT2D eigenvalue weighted by atomic mass is 9.96. The Labute approximate surface area is 74.6 Å². The molecule has 0 aliphatic rings. The summed E-state index contributed by atoms with van der Waals surface area (Å²) < 4.78 is 0. The zero-order chi connectivity index (χ0) is 9.07. The maximum Gasteiger partial charge on any atom is 0.0712 e. The lowest BCUT2D eigenvalue weighted by Crippen LogP contribution is -2.37. The zero-order valence-corrected chi connectivity index (χ0v) is 9.03. The lowest BCUT2D eigenvalue weighted by molar-refractivity contribution is 0.0651. The molecule has 0 spiro atoms. The third kappa shape index (κ3) is 4.02. The molecular weight excluding hydrogens is 156 g/mol. The van der Waals surface area contributed by atoms with Crippen LogP contribution in [-0.2, 0) is 0 Å². The topological polar surface area (TPSA) is 20.2 Å². The van der Waals surface area contributed by atoms with Gasteiger partial charge in [-0.05, 0) is 25.5 Å². The highest BCUT2D eigenvalue weighted by molar-refractivity contribution is 7.99. The number of aliphatic hydroxyl groups is 1. The Morgan fingerprint density at radius 3 is 1.91 bits per heavy atom. The summed E-state index contributed by atoms with van der Waals surface area (Å²) in [7, 11) is 0. The molecule has 11 heavy (non-hydrogen) atoms. The molecule has 1 nitrogen and oxygen atoms in total. The molecule has 0 aromatic carbocycles. The van der Waals surface area contributed by atoms with E-state index in [0.717, 1.165) is 5.75 Å². The Hall–Kier alpha value is 0.310. The van der Waals surface area contributed by atoms with E-state index in [2.05, 4.69) is 20.8 Å². The van der Waals surface area contributed by atoms with Crippen LogP contribution in [-0.4, -0.2) is 21.7 Å². The summed E-state index contributed by atoms with van der Waals surface area (Å²) in [5, 5.41) is 10.1. The number of thioether (sulfide) groups is 1. The van der Waals surface area contributed by atoms with Gasteiger partial charge in [0.1, 0.15) is 0 Å². The van der Waals surface area contributed by atoms with Gasteiger partial charge in [-0.15, -0.1) is 0 Å². The SMILES string of the molecule is CCSC(C(C)C)C(C)(C)O. The molecule has 68 valence electrons. The van der Waals surface area contributed by atoms with Crippen LogP contribution in [0.5, 0.6) is 0 Å². The molecule has 0 radical (unpaired) electrons. The molecule has 2 heteroatoms. The minimum absolute atomic E-state index is 0.354. The number of hydrogen-bond donors (Lipinski definition) is 1. The van der Waals surface area contributed by atoms with Crippen molar-refractivity contribution in [2.24, 2.45) is 5.92 Å². The van der Waals surface area contributed by atoms with Gasteiger partial charge in [-0.3, -0.25) is 0 Å². The van der Waals surface area contributed by atoms with Crippen molar-refractivity contribution >= 4 is 11.8 Å². The minimum Gasteiger partial charge on any atom is -0.389 e. The summed E-state index contributed by atoms with van der Waals surface area (Å²) in [6, 6.07) is 0. The first-order valence-electron chi connectivity index (χ1n) is 4.23. The fourth-order valence-electron chi connectivity index (χ4n) is 1.39. The summed E-state index contributed by atoms with van der Waals surface area (Å²) >= 11 is 1.84. The highest BCUT2D eigenvalue weighted by Gasteiger charge is 2.28. The first-order valence-corrected chi connectivity index (χ1v) is 5.28. The Morgan fingerprint density at radius 1 is 1.36 bits per heavy atom. The fraction of sp³-hybridized carbons (Fsp3) is 1.00. The van der Waals surface area contributed by atoms with E-state index in [1.165, 1.54) is 0 Å². The Morgan fingerprint density at radius 2 is 1.82 bits per heavy atom. The van der Waals surface area contributed by atoms with E-state index >= 15 is 0 Å². The van der Waals surface area contributed by atoms with Crippen LogP contribution in [0.3, 0.4) is 0 Å². The zero-order valence-electron chi connectivity index (χ0n) is 8.22. The van der Waals surface area contributed by atoms with Crippen LogP contribution in [0.15, 0.2) is 0 Å². The average Bonchev–Trinajstić information content (AvgIpc) is 1.79. The summed E-state index contributed by atoms with van der Waals surface area (Å²) in [5.41, 5.74) is -0.547. The molecule has 0 aromatic heterocycles. The quantitative estimate of drug-likeness (QED) is 0.710. The molecular formula is C9H20OS. The van der Waals surface area contributed by atoms with Gasteiger partial charge in [0.25, 0.3) is 0 Å². The Balaban J connectivity index is 4.10. The molecule has 0 saturated carbocycles. The van der Waals surface area contributed by atoms with Gasteiger partial charge in [0.2, 0.25) is 0 Å². The van der Waals surface area contributed by atoms with Gasteiger partial charge < -0.3 is 5.11 Å². The van der Waals surface area contributed by atoms with Crippen LogP contribution in [0, 0.1) is 5.92 Å². The van der Waals surface area contributed by atoms with Gasteiger partial charge >= 0.3 is 0 Å². The van der Waals surface area contributed by atoms with Gasteiger partial charge in [0.15, 0.2) is 0 Å². The maximum absolute atomic E-state index is 9.76. The van der Waals surface area contributed by atoms with Crippen molar-refractivity contribution in [2.75, 3.05) is 5.75 Å². The molecule has 0 fully saturated rings. The highest BCUT2D eigenvalue weighted by Crippen LogP contribution is 2.29. The molecule has 1 atom stereocenters. The molecule has 0 heterocycles. The predicted molar refractivity (Wildman–Crippen MR) is 53.1 cm³/mol. The smallest absolute Gasteiger partial charge is 0.0712 e. The third-order valence-electron chi connectivity index (χ3n) is 1.65. The van der Waals surface area contributed by atoms with E-state index in [0.29, 0.717) is 11.2 Å². The first kappa shape index (κ1) is 11.3. The van der Waals surface area contributed by atoms with Crippen LogP contribution in [0.4, 0.5) is 0 Å². The van der Waals surface area contributed by atoms with E-state index in [1.54, 1.807) is 0 Å². The normalized spacial score (nSPS) is 15.5. The van der Waals surface area contributed by atoms with Crippen LogP contribution < -0.4 is 0 Å². The van der Waals surface area contributed by atoms with Crippen molar-refractivity contribution < 1.29 is 5.11 Å². The minimum atomic E-state index is -0.547. The molecule has 0 bridgehead atoms. The van der Waals surface area contributed by atoms with Gasteiger partial charge in [-0.1, -0.05) is 20.8 Å². The molecule has 0 aliphatic carbocycles. The van der Waals surface area contributed by atoms with Crippen molar-refractivity contribution in [2.45, 2.75) is 45.5 Å². The fourth-order valence-corrected chi connectivity index (χ4v) is 2.54. The van der Waals surface area contributed by atoms with Gasteiger partial charge in [0, 0.05) is 5.25 Å². The summed E-state index contributed by atoms with van der Waals surface area (Å²) in [5.74, 6) is 1.62. The van der Waals surface area contributed by atoms with Crippen molar-refractivity contribution in [1.29, 1.82) is 0 Å². The Bertz CT molecular complexity index is 105. The van der Waals surface area contributed by atoms with E-state index in [-0.39, 0.29) is 0 Å². The summed E-state index contributed by atoms with van der Waals surface area (Å²) in [6.07, 6.45) is 0. The monoisotopic (exact) mass is 176 g/mol. The van der Waals surface area contributed by atoms with Gasteiger partial charge in [-0.25, -0.2) is 0 Å². The van der Waals surface area contributed by atoms with Crippen LogP contribution in [0.25, 0.3) is 0 Å². The van der Waals surface area contributed by atoms with Crippen LogP contribution >= 0.6 is 11.8 Å². The number of rotatable bonds is 4. The Kier molecular flexibility index (Phi) is 4.49. The standard InChI is InChI=1S/C9H20OS/c1-6-11-8(7(2)3)9(4,5)10/h7-8,10H,6H2,1-5H3. The summed E-state index contributed by atoms with van der Waals surface area (Å²) in [6.45, 7) is 10.2. The summed E-state index contributed by atoms with van der Waals surface area (Å²) in [4.78, 5) is 0. The van der Waals surface area contributed by atoms with Gasteiger partial charge in [0.05, 0.1) is 5.60 Å². The first-order chi connectivity index (χ1) is 4.89.